The highest BCUT2D eigenvalue weighted by molar-refractivity contribution is 6.28. The molecule has 1 heterocycles. The molecule has 0 unspecified atom stereocenters. The fourth-order valence-electron chi connectivity index (χ4n) is 1.20. The van der Waals surface area contributed by atoms with Gasteiger partial charge in [-0.2, -0.15) is 0 Å². The predicted octanol–water partition coefficient (Wildman–Crippen LogP) is 2.19. The molecule has 4 heteroatoms. The number of unbranched alkanes of at least 4 members (excludes halogenated alkanes) is 2. The molecular weight excluding hydrogens is 202 g/mol. The lowest BCUT2D eigenvalue weighted by atomic mass is 10.2. The zero-order valence-corrected chi connectivity index (χ0v) is 8.89. The molecule has 1 aromatic heterocycles. The molecule has 0 aliphatic rings. The van der Waals surface area contributed by atoms with Gasteiger partial charge in [-0.15, -0.1) is 0 Å². The summed E-state index contributed by atoms with van der Waals surface area (Å²) in [4.78, 5) is 0. The third-order valence-corrected chi connectivity index (χ3v) is 2.14. The Morgan fingerprint density at radius 1 is 1.29 bits per heavy atom. The van der Waals surface area contributed by atoms with Crippen LogP contribution in [-0.4, -0.2) is 18.3 Å². The molecule has 1 aromatic rings. The van der Waals surface area contributed by atoms with Crippen LogP contribution >= 0.6 is 11.6 Å². The maximum Gasteiger partial charge on any atom is 0.193 e. The molecule has 3 nitrogen and oxygen atoms in total. The van der Waals surface area contributed by atoms with Gasteiger partial charge < -0.3 is 14.8 Å². The lowest BCUT2D eigenvalue weighted by Crippen LogP contribution is -2.14. The van der Waals surface area contributed by atoms with Crippen molar-refractivity contribution in [3.8, 4) is 0 Å². The van der Waals surface area contributed by atoms with Gasteiger partial charge in [-0.1, -0.05) is 0 Å². The van der Waals surface area contributed by atoms with Gasteiger partial charge in [-0.3, -0.25) is 0 Å². The number of aliphatic hydroxyl groups excluding tert-OH is 1. The highest BCUT2D eigenvalue weighted by Crippen LogP contribution is 2.12. The second-order valence-electron chi connectivity index (χ2n) is 3.17. The average molecular weight is 218 g/mol. The summed E-state index contributed by atoms with van der Waals surface area (Å²) in [7, 11) is 0. The number of rotatable bonds is 7. The van der Waals surface area contributed by atoms with Gasteiger partial charge >= 0.3 is 0 Å². The second-order valence-corrected chi connectivity index (χ2v) is 3.54. The third kappa shape index (κ3) is 4.65. The van der Waals surface area contributed by atoms with Gasteiger partial charge in [-0.25, -0.2) is 0 Å². The zero-order valence-electron chi connectivity index (χ0n) is 8.13. The normalized spacial score (nSPS) is 10.7. The van der Waals surface area contributed by atoms with E-state index in [1.165, 1.54) is 0 Å². The van der Waals surface area contributed by atoms with Gasteiger partial charge in [0.15, 0.2) is 5.22 Å². The van der Waals surface area contributed by atoms with Crippen LogP contribution in [0.3, 0.4) is 0 Å². The first-order chi connectivity index (χ1) is 6.83. The summed E-state index contributed by atoms with van der Waals surface area (Å²) in [5.74, 6) is 0.858. The summed E-state index contributed by atoms with van der Waals surface area (Å²) in [5.41, 5.74) is 0. The number of hydrogen-bond donors (Lipinski definition) is 2. The van der Waals surface area contributed by atoms with Crippen LogP contribution in [-0.2, 0) is 6.54 Å². The van der Waals surface area contributed by atoms with Gasteiger partial charge in [0, 0.05) is 6.61 Å². The maximum absolute atomic E-state index is 8.55. The third-order valence-electron chi connectivity index (χ3n) is 1.94. The minimum Gasteiger partial charge on any atom is -0.448 e. The number of nitrogens with one attached hydrogen (secondary N) is 1. The molecule has 0 aliphatic carbocycles. The molecular formula is C10H16ClNO2. The summed E-state index contributed by atoms with van der Waals surface area (Å²) in [6.07, 6.45) is 3.02. The Balaban J connectivity index is 1.99. The predicted molar refractivity (Wildman–Crippen MR) is 56.4 cm³/mol. The molecule has 0 aliphatic heterocycles. The van der Waals surface area contributed by atoms with Crippen LogP contribution in [0.2, 0.25) is 5.22 Å². The summed E-state index contributed by atoms with van der Waals surface area (Å²) in [5, 5.41) is 12.2. The highest BCUT2D eigenvalue weighted by atomic mass is 35.5. The van der Waals surface area contributed by atoms with E-state index >= 15 is 0 Å². The number of hydrogen-bond acceptors (Lipinski definition) is 3. The van der Waals surface area contributed by atoms with Crippen molar-refractivity contribution in [1.82, 2.24) is 5.32 Å². The van der Waals surface area contributed by atoms with Crippen LogP contribution in [0.25, 0.3) is 0 Å². The number of furan rings is 1. The van der Waals surface area contributed by atoms with Crippen molar-refractivity contribution in [2.24, 2.45) is 0 Å². The molecule has 2 N–H and O–H groups in total. The molecule has 0 radical (unpaired) electrons. The Bertz CT molecular complexity index is 250. The zero-order chi connectivity index (χ0) is 10.2. The first-order valence-electron chi connectivity index (χ1n) is 4.88. The van der Waals surface area contributed by atoms with Crippen LogP contribution in [0.4, 0.5) is 0 Å². The Morgan fingerprint density at radius 3 is 2.79 bits per heavy atom. The number of halogens is 1. The van der Waals surface area contributed by atoms with E-state index in [9.17, 15) is 0 Å². The van der Waals surface area contributed by atoms with E-state index in [1.54, 1.807) is 6.07 Å². The highest BCUT2D eigenvalue weighted by Gasteiger charge is 1.97. The monoisotopic (exact) mass is 217 g/mol. The Kier molecular flexibility index (Phi) is 5.68. The van der Waals surface area contributed by atoms with Crippen molar-refractivity contribution < 1.29 is 9.52 Å². The van der Waals surface area contributed by atoms with Crippen molar-refractivity contribution in [3.63, 3.8) is 0 Å². The molecule has 0 aromatic carbocycles. The SMILES string of the molecule is OCCCCCNCc1ccc(Cl)o1. The van der Waals surface area contributed by atoms with Gasteiger partial charge in [0.25, 0.3) is 0 Å². The smallest absolute Gasteiger partial charge is 0.193 e. The van der Waals surface area contributed by atoms with E-state index in [-0.39, 0.29) is 6.61 Å². The van der Waals surface area contributed by atoms with Crippen molar-refractivity contribution in [1.29, 1.82) is 0 Å². The lowest BCUT2D eigenvalue weighted by Gasteiger charge is -2.01. The van der Waals surface area contributed by atoms with Crippen LogP contribution in [0.5, 0.6) is 0 Å². The Labute approximate surface area is 89.1 Å². The van der Waals surface area contributed by atoms with E-state index in [2.05, 4.69) is 5.32 Å². The molecule has 0 amide bonds. The largest absolute Gasteiger partial charge is 0.448 e. The van der Waals surface area contributed by atoms with Crippen LogP contribution in [0, 0.1) is 0 Å². The van der Waals surface area contributed by atoms with Crippen LogP contribution in [0.1, 0.15) is 25.0 Å². The standard InChI is InChI=1S/C10H16ClNO2/c11-10-5-4-9(14-10)8-12-6-2-1-3-7-13/h4-5,12-13H,1-3,6-8H2. The minimum atomic E-state index is 0.286. The molecule has 0 bridgehead atoms. The van der Waals surface area contributed by atoms with Gasteiger partial charge in [0.1, 0.15) is 5.76 Å². The van der Waals surface area contributed by atoms with E-state index in [1.807, 2.05) is 6.07 Å². The van der Waals surface area contributed by atoms with E-state index in [4.69, 9.17) is 21.1 Å². The minimum absolute atomic E-state index is 0.286. The fourth-order valence-corrected chi connectivity index (χ4v) is 1.36. The molecule has 80 valence electrons. The maximum atomic E-state index is 8.55. The van der Waals surface area contributed by atoms with Gasteiger partial charge in [-0.05, 0) is 49.5 Å². The molecule has 1 rings (SSSR count). The first kappa shape index (κ1) is 11.6. The van der Waals surface area contributed by atoms with Crippen molar-refractivity contribution >= 4 is 11.6 Å². The topological polar surface area (TPSA) is 45.4 Å². The van der Waals surface area contributed by atoms with Gasteiger partial charge in [0.2, 0.25) is 0 Å². The second kappa shape index (κ2) is 6.87. The number of aliphatic hydroxyl groups is 1. The molecule has 0 fully saturated rings. The van der Waals surface area contributed by atoms with E-state index in [0.717, 1.165) is 31.6 Å². The Hall–Kier alpha value is -0.510. The fraction of sp³-hybridized carbons (Fsp3) is 0.600. The molecule has 0 saturated carbocycles. The van der Waals surface area contributed by atoms with E-state index in [0.29, 0.717) is 11.8 Å². The van der Waals surface area contributed by atoms with Crippen molar-refractivity contribution in [3.05, 3.63) is 23.1 Å². The molecule has 0 spiro atoms. The molecule has 14 heavy (non-hydrogen) atoms. The summed E-state index contributed by atoms with van der Waals surface area (Å²) >= 11 is 5.62. The van der Waals surface area contributed by atoms with Crippen molar-refractivity contribution in [2.45, 2.75) is 25.8 Å². The molecule has 0 atom stereocenters. The van der Waals surface area contributed by atoms with E-state index < -0.39 is 0 Å². The summed E-state index contributed by atoms with van der Waals surface area (Å²) in [6.45, 7) is 1.94. The average Bonchev–Trinajstić information content (AvgIpc) is 2.58. The van der Waals surface area contributed by atoms with Crippen molar-refractivity contribution in [2.75, 3.05) is 13.2 Å². The first-order valence-corrected chi connectivity index (χ1v) is 5.26. The van der Waals surface area contributed by atoms with Gasteiger partial charge in [0.05, 0.1) is 6.54 Å². The van der Waals surface area contributed by atoms with Crippen LogP contribution < -0.4 is 5.32 Å². The lowest BCUT2D eigenvalue weighted by molar-refractivity contribution is 0.282. The summed E-state index contributed by atoms with van der Waals surface area (Å²) < 4.78 is 5.17. The Morgan fingerprint density at radius 2 is 2.14 bits per heavy atom. The van der Waals surface area contributed by atoms with Crippen LogP contribution in [0.15, 0.2) is 16.5 Å². The summed E-state index contributed by atoms with van der Waals surface area (Å²) in [6, 6.07) is 3.60. The molecule has 0 saturated heterocycles. The quantitative estimate of drug-likeness (QED) is 0.689.